The monoisotopic (exact) mass is 327 g/mol. The van der Waals surface area contributed by atoms with Gasteiger partial charge in [-0.3, -0.25) is 0 Å². The summed E-state index contributed by atoms with van der Waals surface area (Å²) in [6.07, 6.45) is 5.21. The van der Waals surface area contributed by atoms with Crippen LogP contribution in [-0.4, -0.2) is 26.8 Å². The summed E-state index contributed by atoms with van der Waals surface area (Å²) in [5.74, 6) is 0.769. The molecular formula is C18H25N5O. The fourth-order valence-corrected chi connectivity index (χ4v) is 2.45. The van der Waals surface area contributed by atoms with E-state index in [1.165, 1.54) is 0 Å². The van der Waals surface area contributed by atoms with E-state index in [1.807, 2.05) is 45.0 Å². The SMILES string of the molecule is C=CCC(CC)NC(=O)NCc1ccc(-n2nc(C)cc2C)nc1. The van der Waals surface area contributed by atoms with Crippen LogP contribution in [-0.2, 0) is 6.54 Å². The first-order chi connectivity index (χ1) is 11.5. The van der Waals surface area contributed by atoms with Crippen LogP contribution < -0.4 is 10.6 Å². The van der Waals surface area contributed by atoms with Crippen LogP contribution >= 0.6 is 0 Å². The summed E-state index contributed by atoms with van der Waals surface area (Å²) < 4.78 is 1.81. The second-order valence-electron chi connectivity index (χ2n) is 5.82. The number of nitrogens with one attached hydrogen (secondary N) is 2. The predicted octanol–water partition coefficient (Wildman–Crippen LogP) is 3.04. The van der Waals surface area contributed by atoms with Crippen LogP contribution in [0.2, 0.25) is 0 Å². The number of aromatic nitrogens is 3. The smallest absolute Gasteiger partial charge is 0.315 e. The van der Waals surface area contributed by atoms with E-state index in [-0.39, 0.29) is 12.1 Å². The number of hydrogen-bond acceptors (Lipinski definition) is 3. The van der Waals surface area contributed by atoms with Gasteiger partial charge in [-0.2, -0.15) is 5.10 Å². The molecule has 6 heteroatoms. The third-order valence-electron chi connectivity index (χ3n) is 3.77. The molecule has 0 aliphatic carbocycles. The van der Waals surface area contributed by atoms with Gasteiger partial charge in [-0.15, -0.1) is 6.58 Å². The molecule has 2 aromatic heterocycles. The number of hydrogen-bond donors (Lipinski definition) is 2. The van der Waals surface area contributed by atoms with Crippen molar-refractivity contribution in [2.45, 2.75) is 46.2 Å². The summed E-state index contributed by atoms with van der Waals surface area (Å²) in [6, 6.07) is 5.80. The maximum Gasteiger partial charge on any atom is 0.315 e. The first kappa shape index (κ1) is 17.7. The number of urea groups is 1. The molecule has 0 saturated heterocycles. The minimum atomic E-state index is -0.175. The van der Waals surface area contributed by atoms with Crippen molar-refractivity contribution in [2.24, 2.45) is 0 Å². The van der Waals surface area contributed by atoms with Crippen LogP contribution in [0.25, 0.3) is 5.82 Å². The topological polar surface area (TPSA) is 71.8 Å². The summed E-state index contributed by atoms with van der Waals surface area (Å²) in [5.41, 5.74) is 2.94. The maximum atomic E-state index is 11.9. The van der Waals surface area contributed by atoms with Crippen molar-refractivity contribution in [3.05, 3.63) is 54.0 Å². The molecule has 0 aliphatic heterocycles. The van der Waals surface area contributed by atoms with Gasteiger partial charge in [-0.1, -0.05) is 19.1 Å². The third-order valence-corrected chi connectivity index (χ3v) is 3.77. The van der Waals surface area contributed by atoms with Gasteiger partial charge in [0.25, 0.3) is 0 Å². The molecule has 0 aromatic carbocycles. The lowest BCUT2D eigenvalue weighted by molar-refractivity contribution is 0.236. The number of carbonyl (C=O) groups is 1. The zero-order valence-corrected chi connectivity index (χ0v) is 14.5. The molecule has 2 heterocycles. The molecule has 6 nitrogen and oxygen atoms in total. The highest BCUT2D eigenvalue weighted by Crippen LogP contribution is 2.10. The van der Waals surface area contributed by atoms with E-state index in [0.29, 0.717) is 6.54 Å². The Morgan fingerprint density at radius 1 is 1.42 bits per heavy atom. The van der Waals surface area contributed by atoms with Gasteiger partial charge in [0, 0.05) is 24.5 Å². The Balaban J connectivity index is 1.91. The second kappa shape index (κ2) is 8.29. The van der Waals surface area contributed by atoms with Crippen molar-refractivity contribution in [2.75, 3.05) is 0 Å². The molecule has 2 rings (SSSR count). The van der Waals surface area contributed by atoms with Crippen LogP contribution in [0.5, 0.6) is 0 Å². The number of nitrogens with zero attached hydrogens (tertiary/aromatic N) is 3. The Hall–Kier alpha value is -2.63. The molecule has 1 unspecified atom stereocenters. The van der Waals surface area contributed by atoms with Gasteiger partial charge >= 0.3 is 6.03 Å². The standard InChI is InChI=1S/C18H25N5O/c1-5-7-16(6-2)21-18(24)20-12-15-8-9-17(19-11-15)23-14(4)10-13(3)22-23/h5,8-11,16H,1,6-7,12H2,2-4H3,(H2,20,21,24). The minimum Gasteiger partial charge on any atom is -0.335 e. The van der Waals surface area contributed by atoms with Crippen molar-refractivity contribution in [1.29, 1.82) is 0 Å². The number of aryl methyl sites for hydroxylation is 2. The molecule has 0 fully saturated rings. The Morgan fingerprint density at radius 3 is 2.75 bits per heavy atom. The molecule has 24 heavy (non-hydrogen) atoms. The Bertz CT molecular complexity index is 690. The number of amides is 2. The zero-order valence-electron chi connectivity index (χ0n) is 14.5. The van der Waals surface area contributed by atoms with Crippen molar-refractivity contribution in [1.82, 2.24) is 25.4 Å². The molecule has 0 radical (unpaired) electrons. The van der Waals surface area contributed by atoms with E-state index >= 15 is 0 Å². The quantitative estimate of drug-likeness (QED) is 0.768. The molecule has 0 spiro atoms. The van der Waals surface area contributed by atoms with Gasteiger partial charge in [0.05, 0.1) is 5.69 Å². The molecule has 2 N–H and O–H groups in total. The highest BCUT2D eigenvalue weighted by atomic mass is 16.2. The largest absolute Gasteiger partial charge is 0.335 e. The summed E-state index contributed by atoms with van der Waals surface area (Å²) in [6.45, 7) is 10.1. The van der Waals surface area contributed by atoms with Crippen LogP contribution in [0.1, 0.15) is 36.7 Å². The molecule has 1 atom stereocenters. The number of rotatable bonds is 7. The Morgan fingerprint density at radius 2 is 2.21 bits per heavy atom. The van der Waals surface area contributed by atoms with Gasteiger partial charge in [0.15, 0.2) is 5.82 Å². The van der Waals surface area contributed by atoms with Gasteiger partial charge < -0.3 is 10.6 Å². The van der Waals surface area contributed by atoms with E-state index in [0.717, 1.165) is 35.6 Å². The fourth-order valence-electron chi connectivity index (χ4n) is 2.45. The molecule has 0 bridgehead atoms. The second-order valence-corrected chi connectivity index (χ2v) is 5.82. The first-order valence-electron chi connectivity index (χ1n) is 8.17. The maximum absolute atomic E-state index is 11.9. The highest BCUT2D eigenvalue weighted by Gasteiger charge is 2.09. The van der Waals surface area contributed by atoms with Crippen molar-refractivity contribution < 1.29 is 4.79 Å². The Labute approximate surface area is 143 Å². The number of carbonyl (C=O) groups excluding carboxylic acids is 1. The number of pyridine rings is 1. The van der Waals surface area contributed by atoms with Gasteiger partial charge in [0.2, 0.25) is 0 Å². The zero-order chi connectivity index (χ0) is 17.5. The molecule has 0 aliphatic rings. The van der Waals surface area contributed by atoms with E-state index in [1.54, 1.807) is 10.9 Å². The fraction of sp³-hybridized carbons (Fsp3) is 0.389. The molecule has 2 amide bonds. The lowest BCUT2D eigenvalue weighted by Crippen LogP contribution is -2.41. The third kappa shape index (κ3) is 4.68. The van der Waals surface area contributed by atoms with Gasteiger partial charge in [-0.05, 0) is 44.4 Å². The summed E-state index contributed by atoms with van der Waals surface area (Å²) in [7, 11) is 0. The van der Waals surface area contributed by atoms with Crippen LogP contribution in [0.3, 0.4) is 0 Å². The Kier molecular flexibility index (Phi) is 6.12. The lowest BCUT2D eigenvalue weighted by atomic mass is 10.1. The minimum absolute atomic E-state index is 0.119. The van der Waals surface area contributed by atoms with Gasteiger partial charge in [0.1, 0.15) is 0 Å². The molecule has 2 aromatic rings. The van der Waals surface area contributed by atoms with Crippen molar-refractivity contribution >= 4 is 6.03 Å². The predicted molar refractivity (Wildman–Crippen MR) is 95.1 cm³/mol. The lowest BCUT2D eigenvalue weighted by Gasteiger charge is -2.15. The average molecular weight is 327 g/mol. The molecule has 0 saturated carbocycles. The molecule has 128 valence electrons. The van der Waals surface area contributed by atoms with E-state index in [9.17, 15) is 4.79 Å². The normalized spacial score (nSPS) is 11.8. The van der Waals surface area contributed by atoms with Crippen LogP contribution in [0.15, 0.2) is 37.1 Å². The van der Waals surface area contributed by atoms with Crippen molar-refractivity contribution in [3.63, 3.8) is 0 Å². The van der Waals surface area contributed by atoms with Gasteiger partial charge in [-0.25, -0.2) is 14.5 Å². The molecular weight excluding hydrogens is 302 g/mol. The first-order valence-corrected chi connectivity index (χ1v) is 8.17. The van der Waals surface area contributed by atoms with E-state index in [2.05, 4.69) is 27.3 Å². The van der Waals surface area contributed by atoms with Crippen LogP contribution in [0, 0.1) is 13.8 Å². The van der Waals surface area contributed by atoms with E-state index in [4.69, 9.17) is 0 Å². The highest BCUT2D eigenvalue weighted by molar-refractivity contribution is 5.74. The average Bonchev–Trinajstić information content (AvgIpc) is 2.91. The van der Waals surface area contributed by atoms with E-state index < -0.39 is 0 Å². The summed E-state index contributed by atoms with van der Waals surface area (Å²) >= 11 is 0. The summed E-state index contributed by atoms with van der Waals surface area (Å²) in [5, 5.41) is 10.2. The summed E-state index contributed by atoms with van der Waals surface area (Å²) in [4.78, 5) is 16.3. The van der Waals surface area contributed by atoms with Crippen LogP contribution in [0.4, 0.5) is 4.79 Å². The van der Waals surface area contributed by atoms with Crippen molar-refractivity contribution in [3.8, 4) is 5.82 Å².